The van der Waals surface area contributed by atoms with Crippen LogP contribution >= 0.6 is 11.3 Å². The zero-order valence-electron chi connectivity index (χ0n) is 23.6. The molecule has 2 saturated heterocycles. The fourth-order valence-corrected chi connectivity index (χ4v) is 6.60. The summed E-state index contributed by atoms with van der Waals surface area (Å²) in [4.78, 5) is 27.4. The number of alkyl halides is 3. The number of nitrogens with zero attached hydrogens (tertiary/aromatic N) is 4. The fourth-order valence-electron chi connectivity index (χ4n) is 5.64. The molecule has 0 amide bonds. The van der Waals surface area contributed by atoms with Gasteiger partial charge in [-0.3, -0.25) is 4.90 Å². The normalized spacial score (nSPS) is 19.0. The van der Waals surface area contributed by atoms with E-state index in [0.29, 0.717) is 0 Å². The van der Waals surface area contributed by atoms with Gasteiger partial charge in [-0.25, -0.2) is 9.78 Å². The number of fused-ring (bicyclic) bond motifs is 1. The SMILES string of the molecule is CN1CCCC(CN2CCN(Cc3ccc(-c4ccc(-c5nc6ccccc6[nH]5)s4)cc3)CC2)C1.O=C(O)C(F)(F)F. The number of hydrogen-bond acceptors (Lipinski definition) is 6. The number of thiophene rings is 1. The maximum atomic E-state index is 10.6. The number of nitrogens with one attached hydrogen (secondary N) is 1. The van der Waals surface area contributed by atoms with Crippen LogP contribution in [-0.2, 0) is 11.3 Å². The van der Waals surface area contributed by atoms with Gasteiger partial charge in [-0.15, -0.1) is 11.3 Å². The summed E-state index contributed by atoms with van der Waals surface area (Å²) in [5, 5.41) is 7.12. The van der Waals surface area contributed by atoms with E-state index in [1.165, 1.54) is 79.5 Å². The van der Waals surface area contributed by atoms with E-state index in [4.69, 9.17) is 14.9 Å². The number of piperazine rings is 1. The Morgan fingerprint density at radius 1 is 0.976 bits per heavy atom. The molecule has 1 unspecified atom stereocenters. The van der Waals surface area contributed by atoms with Crippen molar-refractivity contribution in [3.63, 3.8) is 0 Å². The third-order valence-electron chi connectivity index (χ3n) is 7.82. The van der Waals surface area contributed by atoms with Crippen LogP contribution in [0.5, 0.6) is 0 Å². The highest BCUT2D eigenvalue weighted by molar-refractivity contribution is 7.18. The van der Waals surface area contributed by atoms with Gasteiger partial charge in [0.05, 0.1) is 15.9 Å². The van der Waals surface area contributed by atoms with Crippen molar-refractivity contribution in [1.29, 1.82) is 0 Å². The molecule has 224 valence electrons. The van der Waals surface area contributed by atoms with Crippen LogP contribution in [0.25, 0.3) is 32.2 Å². The summed E-state index contributed by atoms with van der Waals surface area (Å²) in [5.41, 5.74) is 4.79. The summed E-state index contributed by atoms with van der Waals surface area (Å²) >= 11 is 1.80. The summed E-state index contributed by atoms with van der Waals surface area (Å²) < 4.78 is 31.7. The number of halogens is 3. The topological polar surface area (TPSA) is 75.7 Å². The van der Waals surface area contributed by atoms with Gasteiger partial charge in [-0.2, -0.15) is 13.2 Å². The zero-order chi connectivity index (χ0) is 29.7. The van der Waals surface area contributed by atoms with Gasteiger partial charge in [0.2, 0.25) is 0 Å². The molecule has 1 atom stereocenters. The number of carbonyl (C=O) groups is 1. The number of aromatic nitrogens is 2. The van der Waals surface area contributed by atoms with Crippen molar-refractivity contribution < 1.29 is 23.1 Å². The first-order chi connectivity index (χ1) is 20.1. The Hall–Kier alpha value is -3.25. The highest BCUT2D eigenvalue weighted by atomic mass is 32.1. The van der Waals surface area contributed by atoms with E-state index in [-0.39, 0.29) is 0 Å². The average molecular weight is 600 g/mol. The summed E-state index contributed by atoms with van der Waals surface area (Å²) in [6.07, 6.45) is -2.31. The molecule has 2 fully saturated rings. The zero-order valence-corrected chi connectivity index (χ0v) is 24.4. The molecule has 0 saturated carbocycles. The lowest BCUT2D eigenvalue weighted by Gasteiger charge is -2.38. The van der Waals surface area contributed by atoms with Crippen molar-refractivity contribution in [1.82, 2.24) is 24.7 Å². The molecule has 2 N–H and O–H groups in total. The van der Waals surface area contributed by atoms with Crippen molar-refractivity contribution >= 4 is 28.3 Å². The first-order valence-corrected chi connectivity index (χ1v) is 15.0. The van der Waals surface area contributed by atoms with Crippen LogP contribution in [0.2, 0.25) is 0 Å². The van der Waals surface area contributed by atoms with Gasteiger partial charge in [-0.05, 0) is 67.7 Å². The van der Waals surface area contributed by atoms with Crippen molar-refractivity contribution in [3.8, 4) is 21.1 Å². The van der Waals surface area contributed by atoms with Gasteiger partial charge in [0.1, 0.15) is 5.82 Å². The molecule has 0 spiro atoms. The van der Waals surface area contributed by atoms with Crippen LogP contribution in [0, 0.1) is 5.92 Å². The number of para-hydroxylation sites is 2. The highest BCUT2D eigenvalue weighted by Crippen LogP contribution is 2.34. The molecule has 2 aliphatic heterocycles. The van der Waals surface area contributed by atoms with Gasteiger partial charge in [0.25, 0.3) is 0 Å². The molecule has 4 aromatic rings. The second-order valence-electron chi connectivity index (χ2n) is 11.1. The summed E-state index contributed by atoms with van der Waals surface area (Å²) in [7, 11) is 2.27. The number of rotatable bonds is 6. The van der Waals surface area contributed by atoms with Crippen LogP contribution < -0.4 is 0 Å². The van der Waals surface area contributed by atoms with E-state index in [0.717, 1.165) is 29.3 Å². The fraction of sp³-hybridized carbons (Fsp3) is 0.419. The summed E-state index contributed by atoms with van der Waals surface area (Å²) in [6, 6.07) is 21.8. The Morgan fingerprint density at radius 3 is 2.31 bits per heavy atom. The summed E-state index contributed by atoms with van der Waals surface area (Å²) in [5.74, 6) is -0.946. The molecule has 4 heterocycles. The smallest absolute Gasteiger partial charge is 0.475 e. The summed E-state index contributed by atoms with van der Waals surface area (Å²) in [6.45, 7) is 9.65. The maximum Gasteiger partial charge on any atom is 0.490 e. The third-order valence-corrected chi connectivity index (χ3v) is 8.96. The Bertz CT molecular complexity index is 1430. The van der Waals surface area contributed by atoms with Crippen LogP contribution in [0.15, 0.2) is 60.7 Å². The van der Waals surface area contributed by atoms with Gasteiger partial charge >= 0.3 is 12.1 Å². The second kappa shape index (κ2) is 13.4. The molecule has 0 bridgehead atoms. The number of H-pyrrole nitrogens is 1. The van der Waals surface area contributed by atoms with Gasteiger partial charge in [0, 0.05) is 50.7 Å². The van der Waals surface area contributed by atoms with E-state index in [9.17, 15) is 13.2 Å². The van der Waals surface area contributed by atoms with Crippen molar-refractivity contribution in [3.05, 3.63) is 66.2 Å². The number of likely N-dealkylation sites (tertiary alicyclic amines) is 1. The van der Waals surface area contributed by atoms with Crippen LogP contribution in [-0.4, -0.2) is 94.8 Å². The molecule has 2 aromatic carbocycles. The van der Waals surface area contributed by atoms with Gasteiger partial charge in [0.15, 0.2) is 0 Å². The first kappa shape index (κ1) is 30.2. The minimum Gasteiger partial charge on any atom is -0.475 e. The molecular formula is C31H36F3N5O2S. The molecule has 6 rings (SSSR count). The molecule has 11 heteroatoms. The number of imidazole rings is 1. The van der Waals surface area contributed by atoms with Crippen LogP contribution in [0.3, 0.4) is 0 Å². The predicted molar refractivity (Wildman–Crippen MR) is 160 cm³/mol. The number of carboxylic acids is 1. The standard InChI is InChI=1S/C29H35N5S.C2HF3O2/c1-32-14-4-5-23(19-32)21-34-17-15-33(16-18-34)20-22-8-10-24(11-9-22)27-12-13-28(35-27)29-30-25-6-2-3-7-26(25)31-29;3-2(4,5)1(6)7/h2-3,6-13,23H,4-5,14-21H2,1H3,(H,30,31);(H,6,7). The number of aliphatic carboxylic acids is 1. The Balaban J connectivity index is 0.000000451. The Kier molecular flexibility index (Phi) is 9.62. The molecule has 0 radical (unpaired) electrons. The maximum absolute atomic E-state index is 10.6. The highest BCUT2D eigenvalue weighted by Gasteiger charge is 2.38. The number of piperidine rings is 1. The number of benzene rings is 2. The van der Waals surface area contributed by atoms with Crippen molar-refractivity contribution in [2.24, 2.45) is 5.92 Å². The van der Waals surface area contributed by atoms with E-state index in [1.54, 1.807) is 11.3 Å². The molecule has 2 aliphatic rings. The van der Waals surface area contributed by atoms with Crippen molar-refractivity contribution in [2.75, 3.05) is 52.9 Å². The van der Waals surface area contributed by atoms with Crippen LogP contribution in [0.4, 0.5) is 13.2 Å². The molecule has 2 aromatic heterocycles. The van der Waals surface area contributed by atoms with Crippen LogP contribution in [0.1, 0.15) is 18.4 Å². The minimum atomic E-state index is -5.08. The quantitative estimate of drug-likeness (QED) is 0.281. The number of aromatic amines is 1. The molecule has 0 aliphatic carbocycles. The Labute approximate surface area is 247 Å². The first-order valence-electron chi connectivity index (χ1n) is 14.2. The van der Waals surface area contributed by atoms with Gasteiger partial charge < -0.3 is 19.9 Å². The monoisotopic (exact) mass is 599 g/mol. The second-order valence-corrected chi connectivity index (χ2v) is 12.2. The lowest BCUT2D eigenvalue weighted by atomic mass is 9.97. The van der Waals surface area contributed by atoms with Crippen molar-refractivity contribution in [2.45, 2.75) is 25.6 Å². The third kappa shape index (κ3) is 7.97. The van der Waals surface area contributed by atoms with Gasteiger partial charge in [-0.1, -0.05) is 36.4 Å². The van der Waals surface area contributed by atoms with E-state index < -0.39 is 12.1 Å². The van der Waals surface area contributed by atoms with E-state index in [1.807, 2.05) is 12.1 Å². The predicted octanol–water partition coefficient (Wildman–Crippen LogP) is 6.05. The average Bonchev–Trinajstić information content (AvgIpc) is 3.62. The Morgan fingerprint density at radius 2 is 1.64 bits per heavy atom. The lowest BCUT2D eigenvalue weighted by molar-refractivity contribution is -0.192. The number of hydrogen-bond donors (Lipinski definition) is 2. The van der Waals surface area contributed by atoms with E-state index >= 15 is 0 Å². The number of carboxylic acid groups (broad SMARTS) is 1. The molecular weight excluding hydrogens is 563 g/mol. The largest absolute Gasteiger partial charge is 0.490 e. The minimum absolute atomic E-state index is 0.859. The lowest BCUT2D eigenvalue weighted by Crippen LogP contribution is -2.48. The van der Waals surface area contributed by atoms with E-state index in [2.05, 4.69) is 75.3 Å². The molecule has 7 nitrogen and oxygen atoms in total. The molecule has 42 heavy (non-hydrogen) atoms.